The van der Waals surface area contributed by atoms with Gasteiger partial charge in [-0.15, -0.1) is 0 Å². The van der Waals surface area contributed by atoms with Crippen molar-refractivity contribution in [1.29, 1.82) is 0 Å². The van der Waals surface area contributed by atoms with Crippen LogP contribution in [0.15, 0.2) is 34.9 Å². The van der Waals surface area contributed by atoms with E-state index >= 15 is 0 Å². The molecule has 0 aliphatic carbocycles. The predicted molar refractivity (Wildman–Crippen MR) is 73.5 cm³/mol. The van der Waals surface area contributed by atoms with Crippen LogP contribution in [0.3, 0.4) is 0 Å². The minimum Gasteiger partial charge on any atom is -0.356 e. The standard InChI is InChI=1S/C15H17F3N2O/c1-10(2)8-19-9-13-7-14(21-20-13)11-3-5-12(6-4-11)15(16,17)18/h3-7,10,19H,8-9H2,1-2H3. The van der Waals surface area contributed by atoms with E-state index in [2.05, 4.69) is 24.3 Å². The molecule has 1 heterocycles. The number of hydrogen-bond acceptors (Lipinski definition) is 3. The molecule has 2 aromatic rings. The second-order valence-corrected chi connectivity index (χ2v) is 5.28. The molecule has 0 amide bonds. The Balaban J connectivity index is 2.04. The van der Waals surface area contributed by atoms with Crippen molar-refractivity contribution < 1.29 is 17.7 Å². The largest absolute Gasteiger partial charge is 0.416 e. The molecule has 0 unspecified atom stereocenters. The van der Waals surface area contributed by atoms with Crippen LogP contribution in [0.1, 0.15) is 25.1 Å². The van der Waals surface area contributed by atoms with E-state index in [1.807, 2.05) is 0 Å². The molecule has 0 spiro atoms. The molecule has 0 aliphatic rings. The third-order valence-corrected chi connectivity index (χ3v) is 2.91. The van der Waals surface area contributed by atoms with Gasteiger partial charge in [0.25, 0.3) is 0 Å². The number of nitrogens with zero attached hydrogens (tertiary/aromatic N) is 1. The summed E-state index contributed by atoms with van der Waals surface area (Å²) in [5.74, 6) is 0.997. The third kappa shape index (κ3) is 4.32. The summed E-state index contributed by atoms with van der Waals surface area (Å²) in [7, 11) is 0. The first-order valence-electron chi connectivity index (χ1n) is 6.70. The molecule has 0 saturated heterocycles. The number of rotatable bonds is 5. The molecular formula is C15H17F3N2O. The van der Waals surface area contributed by atoms with Gasteiger partial charge in [-0.1, -0.05) is 31.1 Å². The maximum atomic E-state index is 12.5. The highest BCUT2D eigenvalue weighted by molar-refractivity contribution is 5.57. The van der Waals surface area contributed by atoms with Gasteiger partial charge in [0.1, 0.15) is 0 Å². The average Bonchev–Trinajstić information content (AvgIpc) is 2.86. The van der Waals surface area contributed by atoms with Gasteiger partial charge in [-0.25, -0.2) is 0 Å². The van der Waals surface area contributed by atoms with Gasteiger partial charge in [0.2, 0.25) is 0 Å². The SMILES string of the molecule is CC(C)CNCc1cc(-c2ccc(C(F)(F)F)cc2)on1. The van der Waals surface area contributed by atoms with Crippen molar-refractivity contribution in [2.45, 2.75) is 26.6 Å². The van der Waals surface area contributed by atoms with Gasteiger partial charge in [0.15, 0.2) is 5.76 Å². The van der Waals surface area contributed by atoms with E-state index in [0.717, 1.165) is 24.4 Å². The highest BCUT2D eigenvalue weighted by Crippen LogP contribution is 2.31. The zero-order valence-corrected chi connectivity index (χ0v) is 11.9. The Morgan fingerprint density at radius 2 is 1.86 bits per heavy atom. The van der Waals surface area contributed by atoms with Gasteiger partial charge < -0.3 is 9.84 Å². The number of aromatic nitrogens is 1. The molecule has 1 N–H and O–H groups in total. The molecule has 0 bridgehead atoms. The lowest BCUT2D eigenvalue weighted by Gasteiger charge is -2.06. The molecule has 0 aliphatic heterocycles. The molecule has 0 atom stereocenters. The summed E-state index contributed by atoms with van der Waals surface area (Å²) in [6.45, 7) is 5.64. The highest BCUT2D eigenvalue weighted by atomic mass is 19.4. The molecule has 1 aromatic carbocycles. The van der Waals surface area contributed by atoms with E-state index in [-0.39, 0.29) is 0 Å². The van der Waals surface area contributed by atoms with Crippen LogP contribution in [-0.4, -0.2) is 11.7 Å². The molecule has 0 saturated carbocycles. The average molecular weight is 298 g/mol. The summed E-state index contributed by atoms with van der Waals surface area (Å²) in [6.07, 6.45) is -4.33. The van der Waals surface area contributed by atoms with Gasteiger partial charge in [-0.05, 0) is 24.6 Å². The molecule has 6 heteroatoms. The minimum absolute atomic E-state index is 0.463. The van der Waals surface area contributed by atoms with Crippen LogP contribution >= 0.6 is 0 Å². The summed E-state index contributed by atoms with van der Waals surface area (Å²) in [6, 6.07) is 6.57. The Labute approximate surface area is 121 Å². The number of hydrogen-bond donors (Lipinski definition) is 1. The predicted octanol–water partition coefficient (Wildman–Crippen LogP) is 4.11. The van der Waals surface area contributed by atoms with Crippen molar-refractivity contribution >= 4 is 0 Å². The Kier molecular flexibility index (Phi) is 4.67. The van der Waals surface area contributed by atoms with Crippen LogP contribution in [0.25, 0.3) is 11.3 Å². The minimum atomic E-state index is -4.33. The fourth-order valence-electron chi connectivity index (χ4n) is 1.84. The molecule has 2 rings (SSSR count). The monoisotopic (exact) mass is 298 g/mol. The smallest absolute Gasteiger partial charge is 0.356 e. The van der Waals surface area contributed by atoms with E-state index in [9.17, 15) is 13.2 Å². The topological polar surface area (TPSA) is 38.1 Å². The van der Waals surface area contributed by atoms with Crippen LogP contribution in [-0.2, 0) is 12.7 Å². The second kappa shape index (κ2) is 6.30. The number of halogens is 3. The normalized spacial score (nSPS) is 12.1. The van der Waals surface area contributed by atoms with Gasteiger partial charge >= 0.3 is 6.18 Å². The Bertz CT molecular complexity index is 573. The Morgan fingerprint density at radius 3 is 2.43 bits per heavy atom. The molecule has 0 radical (unpaired) electrons. The molecule has 0 fully saturated rings. The molecule has 21 heavy (non-hydrogen) atoms. The molecule has 1 aromatic heterocycles. The third-order valence-electron chi connectivity index (χ3n) is 2.91. The van der Waals surface area contributed by atoms with E-state index in [4.69, 9.17) is 4.52 Å². The van der Waals surface area contributed by atoms with E-state index in [1.54, 1.807) is 6.07 Å². The first-order chi connectivity index (χ1) is 9.86. The highest BCUT2D eigenvalue weighted by Gasteiger charge is 2.30. The first kappa shape index (κ1) is 15.6. The summed E-state index contributed by atoms with van der Waals surface area (Å²) in [4.78, 5) is 0. The number of alkyl halides is 3. The maximum Gasteiger partial charge on any atom is 0.416 e. The molecular weight excluding hydrogens is 281 g/mol. The molecule has 114 valence electrons. The summed E-state index contributed by atoms with van der Waals surface area (Å²) in [5.41, 5.74) is 0.626. The van der Waals surface area contributed by atoms with Crippen LogP contribution in [0.5, 0.6) is 0 Å². The van der Waals surface area contributed by atoms with Crippen LogP contribution in [0.4, 0.5) is 13.2 Å². The summed E-state index contributed by atoms with van der Waals surface area (Å²) >= 11 is 0. The lowest BCUT2D eigenvalue weighted by atomic mass is 10.1. The fourth-order valence-corrected chi connectivity index (χ4v) is 1.84. The lowest BCUT2D eigenvalue weighted by Crippen LogP contribution is -2.18. The van der Waals surface area contributed by atoms with Crippen LogP contribution in [0.2, 0.25) is 0 Å². The Hall–Kier alpha value is -1.82. The van der Waals surface area contributed by atoms with Crippen molar-refractivity contribution in [2.75, 3.05) is 6.54 Å². The quantitative estimate of drug-likeness (QED) is 0.903. The first-order valence-corrected chi connectivity index (χ1v) is 6.70. The molecule has 3 nitrogen and oxygen atoms in total. The fraction of sp³-hybridized carbons (Fsp3) is 0.400. The second-order valence-electron chi connectivity index (χ2n) is 5.28. The van der Waals surface area contributed by atoms with Crippen LogP contribution < -0.4 is 5.32 Å². The van der Waals surface area contributed by atoms with E-state index < -0.39 is 11.7 Å². The van der Waals surface area contributed by atoms with Gasteiger partial charge in [-0.2, -0.15) is 13.2 Å². The van der Waals surface area contributed by atoms with Crippen molar-refractivity contribution in [2.24, 2.45) is 5.92 Å². The number of nitrogens with one attached hydrogen (secondary N) is 1. The van der Waals surface area contributed by atoms with Crippen molar-refractivity contribution in [3.05, 3.63) is 41.6 Å². The van der Waals surface area contributed by atoms with Gasteiger partial charge in [0, 0.05) is 18.2 Å². The van der Waals surface area contributed by atoms with Crippen molar-refractivity contribution in [1.82, 2.24) is 10.5 Å². The Morgan fingerprint density at radius 1 is 1.19 bits per heavy atom. The van der Waals surface area contributed by atoms with Gasteiger partial charge in [-0.3, -0.25) is 0 Å². The lowest BCUT2D eigenvalue weighted by molar-refractivity contribution is -0.137. The van der Waals surface area contributed by atoms with E-state index in [0.29, 0.717) is 23.8 Å². The maximum absolute atomic E-state index is 12.5. The van der Waals surface area contributed by atoms with Crippen LogP contribution in [0, 0.1) is 5.92 Å². The zero-order chi connectivity index (χ0) is 15.5. The van der Waals surface area contributed by atoms with Crippen molar-refractivity contribution in [3.8, 4) is 11.3 Å². The number of benzene rings is 1. The zero-order valence-electron chi connectivity index (χ0n) is 11.9. The van der Waals surface area contributed by atoms with Gasteiger partial charge in [0.05, 0.1) is 11.3 Å². The van der Waals surface area contributed by atoms with E-state index in [1.165, 1.54) is 12.1 Å². The summed E-state index contributed by atoms with van der Waals surface area (Å²) < 4.78 is 42.6. The van der Waals surface area contributed by atoms with Crippen molar-refractivity contribution in [3.63, 3.8) is 0 Å². The summed E-state index contributed by atoms with van der Waals surface area (Å²) in [5, 5.41) is 7.12.